The maximum Gasteiger partial charge on any atom is 0.258 e. The van der Waals surface area contributed by atoms with Gasteiger partial charge in [-0.05, 0) is 43.9 Å². The third kappa shape index (κ3) is 3.21. The van der Waals surface area contributed by atoms with Crippen LogP contribution in [0.15, 0.2) is 30.6 Å². The lowest BCUT2D eigenvalue weighted by Gasteiger charge is -2.36. The van der Waals surface area contributed by atoms with Gasteiger partial charge in [0.15, 0.2) is 11.5 Å². The molecule has 132 valence electrons. The van der Waals surface area contributed by atoms with Crippen molar-refractivity contribution in [2.75, 3.05) is 19.8 Å². The fraction of sp³-hybridized carbons (Fsp3) is 0.474. The van der Waals surface area contributed by atoms with E-state index in [-0.39, 0.29) is 11.9 Å². The average Bonchev–Trinajstić information content (AvgIpc) is 3.06. The first-order valence-corrected chi connectivity index (χ1v) is 8.91. The van der Waals surface area contributed by atoms with Crippen LogP contribution in [0.4, 0.5) is 0 Å². The molecule has 1 aromatic carbocycles. The molecule has 1 amide bonds. The highest BCUT2D eigenvalue weighted by Gasteiger charge is 2.31. The first-order chi connectivity index (χ1) is 12.2. The predicted octanol–water partition coefficient (Wildman–Crippen LogP) is 2.66. The molecular weight excluding hydrogens is 318 g/mol. The number of hydrogen-bond donors (Lipinski definition) is 0. The van der Waals surface area contributed by atoms with Crippen molar-refractivity contribution in [3.05, 3.63) is 41.7 Å². The Hall–Kier alpha value is -2.50. The first kappa shape index (κ1) is 16.0. The lowest BCUT2D eigenvalue weighted by molar-refractivity contribution is 0.0574. The van der Waals surface area contributed by atoms with E-state index >= 15 is 0 Å². The van der Waals surface area contributed by atoms with E-state index in [2.05, 4.69) is 5.10 Å². The molecule has 0 N–H and O–H groups in total. The van der Waals surface area contributed by atoms with E-state index in [0.717, 1.165) is 37.9 Å². The Morgan fingerprint density at radius 2 is 2.16 bits per heavy atom. The van der Waals surface area contributed by atoms with Crippen LogP contribution in [0.5, 0.6) is 11.5 Å². The molecule has 2 aliphatic rings. The molecule has 0 bridgehead atoms. The minimum atomic E-state index is 0.0240. The predicted molar refractivity (Wildman–Crippen MR) is 93.1 cm³/mol. The third-order valence-electron chi connectivity index (χ3n) is 4.84. The van der Waals surface area contributed by atoms with Crippen LogP contribution >= 0.6 is 0 Å². The number of nitrogens with zero attached hydrogens (tertiary/aromatic N) is 3. The van der Waals surface area contributed by atoms with E-state index in [0.29, 0.717) is 30.3 Å². The number of aryl methyl sites for hydroxylation is 1. The van der Waals surface area contributed by atoms with Crippen LogP contribution in [-0.4, -0.2) is 46.4 Å². The van der Waals surface area contributed by atoms with E-state index in [1.807, 2.05) is 47.1 Å². The number of aromatic nitrogens is 2. The quantitative estimate of drug-likeness (QED) is 0.861. The lowest BCUT2D eigenvalue weighted by Crippen LogP contribution is -2.46. The summed E-state index contributed by atoms with van der Waals surface area (Å²) in [6.07, 6.45) is 7.05. The normalized spacial score (nSPS) is 19.7. The second kappa shape index (κ2) is 6.78. The van der Waals surface area contributed by atoms with Crippen molar-refractivity contribution in [1.29, 1.82) is 0 Å². The molecule has 3 heterocycles. The van der Waals surface area contributed by atoms with Gasteiger partial charge in [0.2, 0.25) is 0 Å². The zero-order valence-electron chi connectivity index (χ0n) is 14.5. The number of likely N-dealkylation sites (tertiary alicyclic amines) is 1. The highest BCUT2D eigenvalue weighted by Crippen LogP contribution is 2.35. The monoisotopic (exact) mass is 341 g/mol. The number of amides is 1. The second-order valence-corrected chi connectivity index (χ2v) is 6.72. The van der Waals surface area contributed by atoms with Crippen LogP contribution in [0.25, 0.3) is 0 Å². The summed E-state index contributed by atoms with van der Waals surface area (Å²) in [5.74, 6) is 1.27. The number of carbonyl (C=O) groups excluding carboxylic acids is 1. The molecule has 0 aliphatic carbocycles. The Kier molecular flexibility index (Phi) is 4.34. The Morgan fingerprint density at radius 1 is 1.28 bits per heavy atom. The van der Waals surface area contributed by atoms with Gasteiger partial charge in [-0.1, -0.05) is 6.07 Å². The number of benzene rings is 1. The van der Waals surface area contributed by atoms with Gasteiger partial charge in [0.05, 0.1) is 24.3 Å². The van der Waals surface area contributed by atoms with Crippen molar-refractivity contribution in [2.45, 2.75) is 38.8 Å². The number of fused-ring (bicyclic) bond motifs is 1. The Balaban J connectivity index is 1.59. The minimum Gasteiger partial charge on any atom is -0.486 e. The Morgan fingerprint density at radius 3 is 3.00 bits per heavy atom. The second-order valence-electron chi connectivity index (χ2n) is 6.72. The summed E-state index contributed by atoms with van der Waals surface area (Å²) < 4.78 is 13.3. The molecule has 6 nitrogen and oxygen atoms in total. The van der Waals surface area contributed by atoms with Gasteiger partial charge >= 0.3 is 0 Å². The highest BCUT2D eigenvalue weighted by molar-refractivity contribution is 5.98. The summed E-state index contributed by atoms with van der Waals surface area (Å²) >= 11 is 0. The van der Waals surface area contributed by atoms with Crippen molar-refractivity contribution in [2.24, 2.45) is 0 Å². The van der Waals surface area contributed by atoms with Gasteiger partial charge in [-0.2, -0.15) is 5.10 Å². The smallest absolute Gasteiger partial charge is 0.258 e. The van der Waals surface area contributed by atoms with Crippen LogP contribution < -0.4 is 9.47 Å². The topological polar surface area (TPSA) is 56.6 Å². The molecule has 25 heavy (non-hydrogen) atoms. The average molecular weight is 341 g/mol. The molecule has 1 aromatic heterocycles. The Bertz CT molecular complexity index is 771. The molecule has 0 spiro atoms. The van der Waals surface area contributed by atoms with Crippen molar-refractivity contribution in [3.8, 4) is 11.5 Å². The third-order valence-corrected chi connectivity index (χ3v) is 4.84. The summed E-state index contributed by atoms with van der Waals surface area (Å²) in [5.41, 5.74) is 1.73. The van der Waals surface area contributed by atoms with E-state index in [9.17, 15) is 4.79 Å². The number of ether oxygens (including phenoxy) is 2. The highest BCUT2D eigenvalue weighted by atomic mass is 16.6. The number of hydrogen-bond acceptors (Lipinski definition) is 4. The van der Waals surface area contributed by atoms with Gasteiger partial charge in [-0.3, -0.25) is 9.48 Å². The number of piperidine rings is 1. The van der Waals surface area contributed by atoms with Crippen molar-refractivity contribution < 1.29 is 14.3 Å². The summed E-state index contributed by atoms with van der Waals surface area (Å²) in [6.45, 7) is 4.53. The summed E-state index contributed by atoms with van der Waals surface area (Å²) in [5, 5.41) is 4.38. The standard InChI is InChI=1S/C19H23N3O3/c1-14-11-20-21(12-14)13-15-5-2-3-8-22(15)19(23)16-6-4-7-17-18(16)25-10-9-24-17/h4,6-7,11-12,15H,2-3,5,8-10,13H2,1H3/t15-/m1/s1. The molecule has 1 fully saturated rings. The van der Waals surface area contributed by atoms with E-state index < -0.39 is 0 Å². The molecule has 4 rings (SSSR count). The van der Waals surface area contributed by atoms with Crippen molar-refractivity contribution in [1.82, 2.24) is 14.7 Å². The molecular formula is C19H23N3O3. The van der Waals surface area contributed by atoms with Crippen LogP contribution in [0.1, 0.15) is 35.2 Å². The Labute approximate surface area is 147 Å². The molecule has 0 unspecified atom stereocenters. The molecule has 1 atom stereocenters. The van der Waals surface area contributed by atoms with Crippen LogP contribution in [-0.2, 0) is 6.54 Å². The first-order valence-electron chi connectivity index (χ1n) is 8.91. The van der Waals surface area contributed by atoms with Gasteiger partial charge in [0.1, 0.15) is 13.2 Å². The lowest BCUT2D eigenvalue weighted by atomic mass is 10.00. The number of para-hydroxylation sites is 1. The van der Waals surface area contributed by atoms with Gasteiger partial charge < -0.3 is 14.4 Å². The van der Waals surface area contributed by atoms with E-state index in [1.54, 1.807) is 0 Å². The number of carbonyl (C=O) groups is 1. The van der Waals surface area contributed by atoms with Gasteiger partial charge in [-0.15, -0.1) is 0 Å². The fourth-order valence-corrected chi connectivity index (χ4v) is 3.64. The molecule has 0 radical (unpaired) electrons. The summed E-state index contributed by atoms with van der Waals surface area (Å²) in [7, 11) is 0. The fourth-order valence-electron chi connectivity index (χ4n) is 3.64. The molecule has 6 heteroatoms. The minimum absolute atomic E-state index is 0.0240. The van der Waals surface area contributed by atoms with E-state index in [4.69, 9.17) is 9.47 Å². The summed E-state index contributed by atoms with van der Waals surface area (Å²) in [4.78, 5) is 15.2. The molecule has 2 aliphatic heterocycles. The van der Waals surface area contributed by atoms with Crippen LogP contribution in [0, 0.1) is 6.92 Å². The summed E-state index contributed by atoms with van der Waals surface area (Å²) in [6, 6.07) is 5.70. The van der Waals surface area contributed by atoms with Crippen LogP contribution in [0.3, 0.4) is 0 Å². The maximum absolute atomic E-state index is 13.2. The molecule has 1 saturated heterocycles. The molecule has 0 saturated carbocycles. The largest absolute Gasteiger partial charge is 0.486 e. The van der Waals surface area contributed by atoms with Crippen molar-refractivity contribution >= 4 is 5.91 Å². The van der Waals surface area contributed by atoms with Crippen LogP contribution in [0.2, 0.25) is 0 Å². The van der Waals surface area contributed by atoms with Crippen molar-refractivity contribution in [3.63, 3.8) is 0 Å². The zero-order chi connectivity index (χ0) is 17.2. The van der Waals surface area contributed by atoms with Gasteiger partial charge in [0.25, 0.3) is 5.91 Å². The molecule has 2 aromatic rings. The van der Waals surface area contributed by atoms with Gasteiger partial charge in [0, 0.05) is 12.7 Å². The maximum atomic E-state index is 13.2. The SMILES string of the molecule is Cc1cnn(C[C@H]2CCCCN2C(=O)c2cccc3c2OCCO3)c1. The van der Waals surface area contributed by atoms with E-state index in [1.165, 1.54) is 0 Å². The zero-order valence-corrected chi connectivity index (χ0v) is 14.5. The van der Waals surface area contributed by atoms with Gasteiger partial charge in [-0.25, -0.2) is 0 Å². The number of rotatable bonds is 3.